The highest BCUT2D eigenvalue weighted by molar-refractivity contribution is 5.59. The highest BCUT2D eigenvalue weighted by Gasteiger charge is 2.16. The summed E-state index contributed by atoms with van der Waals surface area (Å²) >= 11 is 0. The Kier molecular flexibility index (Phi) is 4.12. The van der Waals surface area contributed by atoms with Gasteiger partial charge in [0.1, 0.15) is 6.07 Å². The quantitative estimate of drug-likeness (QED) is 0.783. The molecule has 0 amide bonds. The molecule has 0 fully saturated rings. The number of benzene rings is 2. The Morgan fingerprint density at radius 1 is 0.864 bits per heavy atom. The van der Waals surface area contributed by atoms with Crippen molar-refractivity contribution >= 4 is 5.69 Å². The van der Waals surface area contributed by atoms with E-state index in [9.17, 15) is 5.26 Å². The summed E-state index contributed by atoms with van der Waals surface area (Å²) in [5.74, 6) is 0. The number of rotatable bonds is 4. The minimum Gasteiger partial charge on any atom is -0.372 e. The third-order valence-electron chi connectivity index (χ3n) is 3.46. The summed E-state index contributed by atoms with van der Waals surface area (Å²) in [5.41, 5.74) is 3.46. The van der Waals surface area contributed by atoms with Gasteiger partial charge in [0.25, 0.3) is 0 Å². The number of nitrogens with zero attached hydrogens (tertiary/aromatic N) is 2. The average molecular weight is 285 g/mol. The van der Waals surface area contributed by atoms with Crippen LogP contribution in [-0.4, -0.2) is 4.98 Å². The highest BCUT2D eigenvalue weighted by atomic mass is 14.9. The third kappa shape index (κ3) is 2.97. The second-order valence-corrected chi connectivity index (χ2v) is 4.90. The second kappa shape index (κ2) is 6.55. The summed E-state index contributed by atoms with van der Waals surface area (Å²) in [4.78, 5) is 4.46. The van der Waals surface area contributed by atoms with E-state index in [0.717, 1.165) is 16.9 Å². The molecular weight excluding hydrogens is 270 g/mol. The van der Waals surface area contributed by atoms with Crippen molar-refractivity contribution in [3.05, 3.63) is 95.8 Å². The highest BCUT2D eigenvalue weighted by Crippen LogP contribution is 2.26. The fourth-order valence-corrected chi connectivity index (χ4v) is 2.38. The summed E-state index contributed by atoms with van der Waals surface area (Å²) in [6.45, 7) is 0. The predicted octanol–water partition coefficient (Wildman–Crippen LogP) is 4.15. The van der Waals surface area contributed by atoms with E-state index >= 15 is 0 Å². The summed E-state index contributed by atoms with van der Waals surface area (Å²) in [6, 6.07) is 25.6. The summed E-state index contributed by atoms with van der Waals surface area (Å²) in [7, 11) is 0. The molecule has 0 aliphatic heterocycles. The number of para-hydroxylation sites is 1. The third-order valence-corrected chi connectivity index (χ3v) is 3.46. The maximum atomic E-state index is 9.27. The number of hydrogen-bond donors (Lipinski definition) is 1. The lowest BCUT2D eigenvalue weighted by Gasteiger charge is -2.20. The number of nitriles is 1. The molecule has 0 saturated carbocycles. The lowest BCUT2D eigenvalue weighted by atomic mass is 10.0. The average Bonchev–Trinajstić information content (AvgIpc) is 2.61. The molecule has 0 spiro atoms. The van der Waals surface area contributed by atoms with Gasteiger partial charge in [-0.1, -0.05) is 48.5 Å². The lowest BCUT2D eigenvalue weighted by Crippen LogP contribution is -2.14. The van der Waals surface area contributed by atoms with E-state index in [0.29, 0.717) is 5.56 Å². The van der Waals surface area contributed by atoms with E-state index in [-0.39, 0.29) is 6.04 Å². The van der Waals surface area contributed by atoms with Gasteiger partial charge in [-0.15, -0.1) is 0 Å². The molecule has 3 aromatic rings. The zero-order chi connectivity index (χ0) is 15.2. The van der Waals surface area contributed by atoms with Crippen LogP contribution in [0.5, 0.6) is 0 Å². The van der Waals surface area contributed by atoms with Crippen LogP contribution in [0.2, 0.25) is 0 Å². The van der Waals surface area contributed by atoms with Crippen LogP contribution in [0.3, 0.4) is 0 Å². The van der Waals surface area contributed by atoms with Crippen LogP contribution in [0, 0.1) is 11.3 Å². The van der Waals surface area contributed by atoms with Gasteiger partial charge in [-0.05, 0) is 29.8 Å². The van der Waals surface area contributed by atoms with E-state index in [2.05, 4.69) is 28.5 Å². The Morgan fingerprint density at radius 3 is 2.32 bits per heavy atom. The molecule has 3 heteroatoms. The zero-order valence-electron chi connectivity index (χ0n) is 12.0. The molecule has 1 atom stereocenters. The first-order valence-electron chi connectivity index (χ1n) is 7.10. The molecule has 0 saturated heterocycles. The van der Waals surface area contributed by atoms with Crippen molar-refractivity contribution in [2.24, 2.45) is 0 Å². The van der Waals surface area contributed by atoms with Crippen molar-refractivity contribution < 1.29 is 0 Å². The van der Waals surface area contributed by atoms with Crippen molar-refractivity contribution in [1.29, 1.82) is 5.26 Å². The smallest absolute Gasteiger partial charge is 0.101 e. The molecule has 22 heavy (non-hydrogen) atoms. The zero-order valence-corrected chi connectivity index (χ0v) is 12.0. The number of hydrogen-bond acceptors (Lipinski definition) is 3. The Morgan fingerprint density at radius 2 is 1.59 bits per heavy atom. The fraction of sp³-hybridized carbons (Fsp3) is 0.0526. The van der Waals surface area contributed by atoms with Gasteiger partial charge in [0.15, 0.2) is 0 Å². The topological polar surface area (TPSA) is 48.7 Å². The monoisotopic (exact) mass is 285 g/mol. The minimum atomic E-state index is -0.100. The van der Waals surface area contributed by atoms with Gasteiger partial charge in [0.2, 0.25) is 0 Å². The lowest BCUT2D eigenvalue weighted by molar-refractivity contribution is 0.886. The molecule has 1 unspecified atom stereocenters. The van der Waals surface area contributed by atoms with Crippen molar-refractivity contribution in [3.63, 3.8) is 0 Å². The Labute approximate surface area is 129 Å². The van der Waals surface area contributed by atoms with E-state index in [4.69, 9.17) is 0 Å². The van der Waals surface area contributed by atoms with E-state index < -0.39 is 0 Å². The van der Waals surface area contributed by atoms with E-state index in [1.165, 1.54) is 0 Å². The predicted molar refractivity (Wildman–Crippen MR) is 87.3 cm³/mol. The van der Waals surface area contributed by atoms with Crippen LogP contribution in [-0.2, 0) is 0 Å². The first-order valence-corrected chi connectivity index (χ1v) is 7.10. The minimum absolute atomic E-state index is 0.100. The normalized spacial score (nSPS) is 11.4. The Bertz CT molecular complexity index is 737. The van der Waals surface area contributed by atoms with Gasteiger partial charge in [-0.2, -0.15) is 5.26 Å². The fourth-order valence-electron chi connectivity index (χ4n) is 2.38. The van der Waals surface area contributed by atoms with Gasteiger partial charge in [0.05, 0.1) is 23.0 Å². The van der Waals surface area contributed by atoms with Gasteiger partial charge in [-0.25, -0.2) is 0 Å². The van der Waals surface area contributed by atoms with Crippen LogP contribution in [0.1, 0.15) is 22.9 Å². The van der Waals surface area contributed by atoms with Crippen molar-refractivity contribution in [2.75, 3.05) is 5.32 Å². The van der Waals surface area contributed by atoms with E-state index in [1.54, 1.807) is 6.20 Å². The van der Waals surface area contributed by atoms with Gasteiger partial charge >= 0.3 is 0 Å². The van der Waals surface area contributed by atoms with Crippen molar-refractivity contribution in [3.8, 4) is 6.07 Å². The molecule has 3 nitrogen and oxygen atoms in total. The largest absolute Gasteiger partial charge is 0.372 e. The van der Waals surface area contributed by atoms with Crippen LogP contribution in [0.25, 0.3) is 0 Å². The molecule has 1 N–H and O–H groups in total. The maximum Gasteiger partial charge on any atom is 0.101 e. The van der Waals surface area contributed by atoms with Crippen molar-refractivity contribution in [1.82, 2.24) is 4.98 Å². The molecule has 1 heterocycles. The first kappa shape index (κ1) is 13.8. The first-order chi connectivity index (χ1) is 10.9. The molecule has 3 rings (SSSR count). The maximum absolute atomic E-state index is 9.27. The summed E-state index contributed by atoms with van der Waals surface area (Å²) < 4.78 is 0. The van der Waals surface area contributed by atoms with Crippen LogP contribution in [0.4, 0.5) is 5.69 Å². The second-order valence-electron chi connectivity index (χ2n) is 4.90. The number of anilines is 1. The molecule has 0 aliphatic carbocycles. The molecule has 106 valence electrons. The van der Waals surface area contributed by atoms with Gasteiger partial charge < -0.3 is 5.32 Å². The summed E-state index contributed by atoms with van der Waals surface area (Å²) in [5, 5.41) is 12.7. The molecule has 1 aromatic heterocycles. The van der Waals surface area contributed by atoms with E-state index in [1.807, 2.05) is 60.7 Å². The SMILES string of the molecule is N#Cc1ccccc1NC(c1ccccc1)c1ccccn1. The van der Waals surface area contributed by atoms with Crippen molar-refractivity contribution in [2.45, 2.75) is 6.04 Å². The molecule has 0 radical (unpaired) electrons. The molecular formula is C19H15N3. The molecule has 0 bridgehead atoms. The van der Waals surface area contributed by atoms with Gasteiger partial charge in [-0.3, -0.25) is 4.98 Å². The van der Waals surface area contributed by atoms with Gasteiger partial charge in [0, 0.05) is 6.20 Å². The molecule has 2 aromatic carbocycles. The Balaban J connectivity index is 2.02. The van der Waals surface area contributed by atoms with Crippen LogP contribution >= 0.6 is 0 Å². The summed E-state index contributed by atoms with van der Waals surface area (Å²) in [6.07, 6.45) is 1.78. The standard InChI is InChI=1S/C19H15N3/c20-14-16-10-4-5-11-17(16)22-19(15-8-2-1-3-9-15)18-12-6-7-13-21-18/h1-13,19,22H. The van der Waals surface area contributed by atoms with Crippen LogP contribution in [0.15, 0.2) is 79.0 Å². The molecule has 0 aliphatic rings. The number of aromatic nitrogens is 1. The number of pyridine rings is 1. The Hall–Kier alpha value is -3.12. The van der Waals surface area contributed by atoms with Crippen LogP contribution < -0.4 is 5.32 Å². The number of nitrogens with one attached hydrogen (secondary N) is 1.